The highest BCUT2D eigenvalue weighted by molar-refractivity contribution is 7.90. The van der Waals surface area contributed by atoms with Crippen LogP contribution in [0.3, 0.4) is 0 Å². The highest BCUT2D eigenvalue weighted by atomic mass is 32.2. The van der Waals surface area contributed by atoms with Gasteiger partial charge in [0.05, 0.1) is 33.2 Å². The van der Waals surface area contributed by atoms with Crippen molar-refractivity contribution in [2.45, 2.75) is 4.90 Å². The molecule has 1 N–H and O–H groups in total. The second kappa shape index (κ2) is 8.21. The summed E-state index contributed by atoms with van der Waals surface area (Å²) in [5.74, 6) is -0.543. The summed E-state index contributed by atoms with van der Waals surface area (Å²) in [5, 5.41) is 14.5. The number of rotatable bonds is 5. The van der Waals surface area contributed by atoms with Crippen molar-refractivity contribution in [3.8, 4) is 0 Å². The molecule has 1 amide bonds. The molecule has 2 aromatic carbocycles. The van der Waals surface area contributed by atoms with Crippen LogP contribution in [0.4, 0.5) is 16.5 Å². The Morgan fingerprint density at radius 2 is 1.97 bits per heavy atom. The number of hydrogen-bond donors (Lipinski definition) is 1. The van der Waals surface area contributed by atoms with Crippen LogP contribution in [-0.4, -0.2) is 56.8 Å². The summed E-state index contributed by atoms with van der Waals surface area (Å²) in [6.45, 7) is 2.04. The first kappa shape index (κ1) is 21.2. The van der Waals surface area contributed by atoms with Crippen LogP contribution in [0, 0.1) is 10.1 Å². The van der Waals surface area contributed by atoms with E-state index in [2.05, 4.69) is 10.3 Å². The number of carbonyl (C=O) groups is 1. The first-order valence-electron chi connectivity index (χ1n) is 9.25. The maximum atomic E-state index is 12.7. The topological polar surface area (TPSA) is 132 Å². The van der Waals surface area contributed by atoms with E-state index in [1.807, 2.05) is 4.90 Å². The van der Waals surface area contributed by atoms with Crippen LogP contribution in [0.2, 0.25) is 0 Å². The molecule has 12 heteroatoms. The number of amides is 1. The summed E-state index contributed by atoms with van der Waals surface area (Å²) in [6, 6.07) is 8.86. The van der Waals surface area contributed by atoms with Gasteiger partial charge in [0, 0.05) is 31.0 Å². The van der Waals surface area contributed by atoms with E-state index in [4.69, 9.17) is 4.74 Å². The third-order valence-corrected chi connectivity index (χ3v) is 6.84. The first-order chi connectivity index (χ1) is 14.7. The number of sulfone groups is 1. The number of fused-ring (bicyclic) bond motifs is 1. The van der Waals surface area contributed by atoms with Crippen LogP contribution in [0.25, 0.3) is 10.2 Å². The number of anilines is 2. The molecule has 10 nitrogen and oxygen atoms in total. The van der Waals surface area contributed by atoms with Gasteiger partial charge in [0.1, 0.15) is 5.69 Å². The number of nitrogens with zero attached hydrogens (tertiary/aromatic N) is 3. The van der Waals surface area contributed by atoms with Gasteiger partial charge in [-0.2, -0.15) is 0 Å². The van der Waals surface area contributed by atoms with Gasteiger partial charge in [0.25, 0.3) is 11.6 Å². The highest BCUT2D eigenvalue weighted by Gasteiger charge is 2.23. The Balaban J connectivity index is 1.59. The lowest BCUT2D eigenvalue weighted by Crippen LogP contribution is -2.36. The van der Waals surface area contributed by atoms with E-state index in [-0.39, 0.29) is 21.3 Å². The van der Waals surface area contributed by atoms with Crippen LogP contribution < -0.4 is 10.2 Å². The van der Waals surface area contributed by atoms with E-state index in [9.17, 15) is 23.3 Å². The molecule has 0 saturated carbocycles. The molecule has 0 unspecified atom stereocenters. The van der Waals surface area contributed by atoms with Crippen molar-refractivity contribution in [1.29, 1.82) is 0 Å². The molecule has 4 rings (SSSR count). The van der Waals surface area contributed by atoms with Crippen LogP contribution in [-0.2, 0) is 14.6 Å². The zero-order valence-corrected chi connectivity index (χ0v) is 18.0. The fourth-order valence-electron chi connectivity index (χ4n) is 3.24. The molecule has 1 aliphatic heterocycles. The Hall–Kier alpha value is -3.09. The Labute approximate surface area is 181 Å². The van der Waals surface area contributed by atoms with Crippen molar-refractivity contribution in [3.05, 3.63) is 52.1 Å². The third-order valence-electron chi connectivity index (χ3n) is 4.79. The van der Waals surface area contributed by atoms with E-state index < -0.39 is 20.7 Å². The molecule has 1 aromatic heterocycles. The molecule has 3 aromatic rings. The van der Waals surface area contributed by atoms with E-state index >= 15 is 0 Å². The SMILES string of the molecule is CS(=O)(=O)c1ccc2nc(NC(=O)c3ccc(N4CCOCC4)c([N+](=O)[O-])c3)sc2c1. The molecule has 1 saturated heterocycles. The van der Waals surface area contributed by atoms with Gasteiger partial charge in [-0.25, -0.2) is 13.4 Å². The van der Waals surface area contributed by atoms with Gasteiger partial charge in [-0.3, -0.25) is 20.2 Å². The Morgan fingerprint density at radius 1 is 1.23 bits per heavy atom. The number of aromatic nitrogens is 1. The minimum atomic E-state index is -3.36. The molecular weight excluding hydrogens is 444 g/mol. The molecule has 0 atom stereocenters. The van der Waals surface area contributed by atoms with Crippen molar-refractivity contribution in [3.63, 3.8) is 0 Å². The maximum Gasteiger partial charge on any atom is 0.293 e. The molecule has 0 bridgehead atoms. The second-order valence-electron chi connectivity index (χ2n) is 6.93. The number of nitro benzene ring substituents is 1. The van der Waals surface area contributed by atoms with Crippen molar-refractivity contribution in [1.82, 2.24) is 4.98 Å². The lowest BCUT2D eigenvalue weighted by Gasteiger charge is -2.28. The molecule has 0 aliphatic carbocycles. The molecule has 0 radical (unpaired) electrons. The number of nitrogens with one attached hydrogen (secondary N) is 1. The molecule has 2 heterocycles. The van der Waals surface area contributed by atoms with Gasteiger partial charge in [0.15, 0.2) is 15.0 Å². The molecule has 1 aliphatic rings. The van der Waals surface area contributed by atoms with Gasteiger partial charge in [-0.05, 0) is 30.3 Å². The number of carbonyl (C=O) groups excluding carboxylic acids is 1. The van der Waals surface area contributed by atoms with Gasteiger partial charge in [0.2, 0.25) is 0 Å². The van der Waals surface area contributed by atoms with Crippen molar-refractivity contribution >= 4 is 53.8 Å². The van der Waals surface area contributed by atoms with E-state index in [0.29, 0.717) is 42.2 Å². The van der Waals surface area contributed by atoms with E-state index in [0.717, 1.165) is 17.6 Å². The average Bonchev–Trinajstić information content (AvgIpc) is 3.14. The molecular formula is C19H18N4O6S2. The average molecular weight is 463 g/mol. The van der Waals surface area contributed by atoms with Gasteiger partial charge < -0.3 is 9.64 Å². The third kappa shape index (κ3) is 4.50. The van der Waals surface area contributed by atoms with E-state index in [1.54, 1.807) is 12.1 Å². The van der Waals surface area contributed by atoms with Crippen molar-refractivity contribution in [2.75, 3.05) is 42.8 Å². The summed E-state index contributed by atoms with van der Waals surface area (Å²) in [5.41, 5.74) is 0.955. The summed E-state index contributed by atoms with van der Waals surface area (Å²) < 4.78 is 29.3. The van der Waals surface area contributed by atoms with Crippen LogP contribution in [0.15, 0.2) is 41.3 Å². The summed E-state index contributed by atoms with van der Waals surface area (Å²) in [4.78, 5) is 30.1. The number of morpholine rings is 1. The Kier molecular flexibility index (Phi) is 5.60. The van der Waals surface area contributed by atoms with Crippen LogP contribution >= 0.6 is 11.3 Å². The fourth-order valence-corrected chi connectivity index (χ4v) is 4.86. The van der Waals surface area contributed by atoms with Crippen molar-refractivity contribution < 1.29 is 22.9 Å². The standard InChI is InChI=1S/C19H18N4O6S2/c1-31(27,28)13-3-4-14-17(11-13)30-19(20-14)21-18(24)12-2-5-15(16(10-12)23(25)26)22-6-8-29-9-7-22/h2-5,10-11H,6-9H2,1H3,(H,20,21,24). The van der Waals surface area contributed by atoms with E-state index in [1.165, 1.54) is 24.3 Å². The predicted molar refractivity (Wildman–Crippen MR) is 117 cm³/mol. The first-order valence-corrected chi connectivity index (χ1v) is 12.0. The number of hydrogen-bond acceptors (Lipinski definition) is 9. The lowest BCUT2D eigenvalue weighted by molar-refractivity contribution is -0.384. The maximum absolute atomic E-state index is 12.7. The predicted octanol–water partition coefficient (Wildman–Crippen LogP) is 2.70. The van der Waals surface area contributed by atoms with Gasteiger partial charge in [-0.15, -0.1) is 0 Å². The molecule has 1 fully saturated rings. The van der Waals surface area contributed by atoms with Crippen LogP contribution in [0.5, 0.6) is 0 Å². The molecule has 31 heavy (non-hydrogen) atoms. The number of benzene rings is 2. The fraction of sp³-hybridized carbons (Fsp3) is 0.263. The van der Waals surface area contributed by atoms with Crippen molar-refractivity contribution in [2.24, 2.45) is 0 Å². The minimum Gasteiger partial charge on any atom is -0.378 e. The number of nitro groups is 1. The van der Waals surface area contributed by atoms with Gasteiger partial charge in [-0.1, -0.05) is 11.3 Å². The number of thiazole rings is 1. The Morgan fingerprint density at radius 3 is 2.65 bits per heavy atom. The Bertz CT molecular complexity index is 1280. The minimum absolute atomic E-state index is 0.125. The monoisotopic (exact) mass is 462 g/mol. The molecule has 0 spiro atoms. The highest BCUT2D eigenvalue weighted by Crippen LogP contribution is 2.31. The zero-order valence-electron chi connectivity index (χ0n) is 16.4. The quantitative estimate of drug-likeness (QED) is 0.452. The second-order valence-corrected chi connectivity index (χ2v) is 9.98. The normalized spacial score (nSPS) is 14.5. The largest absolute Gasteiger partial charge is 0.378 e. The molecule has 162 valence electrons. The summed E-state index contributed by atoms with van der Waals surface area (Å²) in [6.07, 6.45) is 1.12. The summed E-state index contributed by atoms with van der Waals surface area (Å²) >= 11 is 1.12. The van der Waals surface area contributed by atoms with Crippen LogP contribution in [0.1, 0.15) is 10.4 Å². The summed E-state index contributed by atoms with van der Waals surface area (Å²) in [7, 11) is -3.36. The number of ether oxygens (including phenoxy) is 1. The zero-order chi connectivity index (χ0) is 22.2. The smallest absolute Gasteiger partial charge is 0.293 e. The lowest BCUT2D eigenvalue weighted by atomic mass is 10.1. The van der Waals surface area contributed by atoms with Gasteiger partial charge >= 0.3 is 0 Å².